The highest BCUT2D eigenvalue weighted by Gasteiger charge is 2.09. The van der Waals surface area contributed by atoms with Crippen LogP contribution >= 0.6 is 0 Å². The summed E-state index contributed by atoms with van der Waals surface area (Å²) in [5, 5.41) is 6.54. The molecule has 0 bridgehead atoms. The van der Waals surface area contributed by atoms with Gasteiger partial charge in [-0.2, -0.15) is 0 Å². The first kappa shape index (κ1) is 23.1. The molecule has 2 N–H and O–H groups in total. The molecule has 0 aliphatic carbocycles. The smallest absolute Gasteiger partial charge is 0.253 e. The van der Waals surface area contributed by atoms with Gasteiger partial charge in [-0.3, -0.25) is 9.79 Å². The minimum absolute atomic E-state index is 0.000182. The number of hydrogen-bond acceptors (Lipinski definition) is 4. The summed E-state index contributed by atoms with van der Waals surface area (Å²) in [5.74, 6) is 2.06. The topological polar surface area (TPSA) is 75.2 Å². The Labute approximate surface area is 179 Å². The second-order valence-corrected chi connectivity index (χ2v) is 6.83. The summed E-state index contributed by atoms with van der Waals surface area (Å²) in [6, 6.07) is 13.4. The van der Waals surface area contributed by atoms with E-state index in [-0.39, 0.29) is 5.91 Å². The summed E-state index contributed by atoms with van der Waals surface area (Å²) in [5.41, 5.74) is 2.62. The van der Waals surface area contributed by atoms with Crippen molar-refractivity contribution < 1.29 is 14.3 Å². The molecular formula is C23H32N4O3. The lowest BCUT2D eigenvalue weighted by Gasteiger charge is -2.14. The zero-order valence-electron chi connectivity index (χ0n) is 18.5. The van der Waals surface area contributed by atoms with Crippen molar-refractivity contribution in [2.45, 2.75) is 20.3 Å². The normalized spacial score (nSPS) is 11.0. The number of rotatable bonds is 9. The van der Waals surface area contributed by atoms with Gasteiger partial charge in [0.05, 0.1) is 13.7 Å². The Balaban J connectivity index is 2.06. The molecule has 30 heavy (non-hydrogen) atoms. The third-order valence-electron chi connectivity index (χ3n) is 4.32. The molecule has 0 fully saturated rings. The van der Waals surface area contributed by atoms with Crippen LogP contribution in [0.5, 0.6) is 11.5 Å². The molecule has 0 heterocycles. The molecular weight excluding hydrogens is 380 g/mol. The molecule has 0 unspecified atom stereocenters. The van der Waals surface area contributed by atoms with Crippen molar-refractivity contribution in [2.24, 2.45) is 4.99 Å². The fraction of sp³-hybridized carbons (Fsp3) is 0.391. The third-order valence-corrected chi connectivity index (χ3v) is 4.32. The molecule has 2 aromatic rings. The van der Waals surface area contributed by atoms with Crippen LogP contribution in [0.4, 0.5) is 5.69 Å². The third kappa shape index (κ3) is 6.69. The van der Waals surface area contributed by atoms with Crippen molar-refractivity contribution >= 4 is 17.6 Å². The lowest BCUT2D eigenvalue weighted by Crippen LogP contribution is -2.30. The van der Waals surface area contributed by atoms with E-state index in [1.165, 1.54) is 0 Å². The first-order valence-electron chi connectivity index (χ1n) is 10.1. The molecule has 162 valence electrons. The van der Waals surface area contributed by atoms with Crippen LogP contribution in [0.25, 0.3) is 0 Å². The first-order valence-corrected chi connectivity index (χ1v) is 10.1. The van der Waals surface area contributed by atoms with E-state index in [0.717, 1.165) is 24.2 Å². The predicted molar refractivity (Wildman–Crippen MR) is 122 cm³/mol. The summed E-state index contributed by atoms with van der Waals surface area (Å²) >= 11 is 0. The van der Waals surface area contributed by atoms with Crippen LogP contribution in [-0.2, 0) is 6.42 Å². The lowest BCUT2D eigenvalue weighted by molar-refractivity contribution is 0.0827. The van der Waals surface area contributed by atoms with Gasteiger partial charge in [0, 0.05) is 44.5 Å². The van der Waals surface area contributed by atoms with E-state index >= 15 is 0 Å². The molecule has 7 heteroatoms. The maximum atomic E-state index is 12.1. The number of amides is 1. The summed E-state index contributed by atoms with van der Waals surface area (Å²) < 4.78 is 11.0. The van der Waals surface area contributed by atoms with Crippen molar-refractivity contribution in [3.05, 3.63) is 53.6 Å². The zero-order chi connectivity index (χ0) is 21.9. The molecule has 0 saturated carbocycles. The van der Waals surface area contributed by atoms with Gasteiger partial charge in [-0.05, 0) is 50.1 Å². The average molecular weight is 413 g/mol. The van der Waals surface area contributed by atoms with Crippen molar-refractivity contribution in [3.8, 4) is 11.5 Å². The molecule has 0 aliphatic rings. The molecule has 0 saturated heterocycles. The summed E-state index contributed by atoms with van der Waals surface area (Å²) in [6.07, 6.45) is 0.734. The van der Waals surface area contributed by atoms with Gasteiger partial charge >= 0.3 is 0 Å². The number of carbonyl (C=O) groups is 1. The molecule has 0 aliphatic heterocycles. The fourth-order valence-corrected chi connectivity index (χ4v) is 2.88. The summed E-state index contributed by atoms with van der Waals surface area (Å²) in [6.45, 7) is 5.87. The average Bonchev–Trinajstić information content (AvgIpc) is 2.74. The molecule has 0 atom stereocenters. The van der Waals surface area contributed by atoms with Crippen molar-refractivity contribution in [3.63, 3.8) is 0 Å². The predicted octanol–water partition coefficient (Wildman–Crippen LogP) is 3.42. The first-order chi connectivity index (χ1) is 14.5. The Morgan fingerprint density at radius 3 is 2.57 bits per heavy atom. The van der Waals surface area contributed by atoms with Crippen molar-refractivity contribution in [1.29, 1.82) is 0 Å². The number of anilines is 1. The van der Waals surface area contributed by atoms with Gasteiger partial charge in [-0.1, -0.05) is 12.1 Å². The van der Waals surface area contributed by atoms with E-state index in [9.17, 15) is 4.79 Å². The Morgan fingerprint density at radius 2 is 1.90 bits per heavy atom. The molecule has 1 amide bonds. The minimum Gasteiger partial charge on any atom is -0.493 e. The van der Waals surface area contributed by atoms with Crippen molar-refractivity contribution in [1.82, 2.24) is 10.2 Å². The van der Waals surface area contributed by atoms with E-state index in [2.05, 4.69) is 15.6 Å². The Kier molecular flexibility index (Phi) is 9.00. The SMILES string of the molecule is CCNC(=NCCc1cccc(C(=O)N(C)C)c1)Nc1ccc(OCC)c(OC)c1. The molecule has 7 nitrogen and oxygen atoms in total. The highest BCUT2D eigenvalue weighted by atomic mass is 16.5. The van der Waals surface area contributed by atoms with Gasteiger partial charge in [-0.25, -0.2) is 0 Å². The molecule has 2 aromatic carbocycles. The van der Waals surface area contributed by atoms with E-state index < -0.39 is 0 Å². The van der Waals surface area contributed by atoms with Gasteiger partial charge in [0.1, 0.15) is 0 Å². The van der Waals surface area contributed by atoms with Crippen LogP contribution in [0.15, 0.2) is 47.5 Å². The van der Waals surface area contributed by atoms with Gasteiger partial charge in [-0.15, -0.1) is 0 Å². The number of nitrogens with zero attached hydrogens (tertiary/aromatic N) is 2. The molecule has 0 aromatic heterocycles. The summed E-state index contributed by atoms with van der Waals surface area (Å²) in [7, 11) is 5.13. The second kappa shape index (κ2) is 11.7. The Hall–Kier alpha value is -3.22. The lowest BCUT2D eigenvalue weighted by atomic mass is 10.1. The second-order valence-electron chi connectivity index (χ2n) is 6.83. The number of aliphatic imine (C=N–C) groups is 1. The van der Waals surface area contributed by atoms with Gasteiger partial charge < -0.3 is 25.0 Å². The van der Waals surface area contributed by atoms with Crippen LogP contribution in [-0.4, -0.2) is 57.7 Å². The van der Waals surface area contributed by atoms with E-state index in [1.54, 1.807) is 26.1 Å². The van der Waals surface area contributed by atoms with Crippen LogP contribution < -0.4 is 20.1 Å². The number of methoxy groups -OCH3 is 1. The van der Waals surface area contributed by atoms with E-state index in [4.69, 9.17) is 9.47 Å². The van der Waals surface area contributed by atoms with Crippen molar-refractivity contribution in [2.75, 3.05) is 46.2 Å². The maximum Gasteiger partial charge on any atom is 0.253 e. The quantitative estimate of drug-likeness (QED) is 0.488. The number of guanidine groups is 1. The van der Waals surface area contributed by atoms with Crippen LogP contribution in [0.1, 0.15) is 29.8 Å². The molecule has 2 rings (SSSR count). The van der Waals surface area contributed by atoms with E-state index in [0.29, 0.717) is 36.2 Å². The number of benzene rings is 2. The molecule has 0 radical (unpaired) electrons. The summed E-state index contributed by atoms with van der Waals surface area (Å²) in [4.78, 5) is 18.4. The number of hydrogen-bond donors (Lipinski definition) is 2. The number of ether oxygens (including phenoxy) is 2. The standard InChI is InChI=1S/C23H32N4O3/c1-6-24-23(26-19-11-12-20(30-7-2)21(16-19)29-5)25-14-13-17-9-8-10-18(15-17)22(28)27(3)4/h8-12,15-16H,6-7,13-14H2,1-5H3,(H2,24,25,26). The van der Waals surface area contributed by atoms with Crippen LogP contribution in [0, 0.1) is 0 Å². The fourth-order valence-electron chi connectivity index (χ4n) is 2.88. The highest BCUT2D eigenvalue weighted by Crippen LogP contribution is 2.30. The van der Waals surface area contributed by atoms with Crippen LogP contribution in [0.2, 0.25) is 0 Å². The zero-order valence-corrected chi connectivity index (χ0v) is 18.5. The largest absolute Gasteiger partial charge is 0.493 e. The highest BCUT2D eigenvalue weighted by molar-refractivity contribution is 5.94. The monoisotopic (exact) mass is 412 g/mol. The van der Waals surface area contributed by atoms with Gasteiger partial charge in [0.15, 0.2) is 17.5 Å². The van der Waals surface area contributed by atoms with Gasteiger partial charge in [0.25, 0.3) is 5.91 Å². The number of carbonyl (C=O) groups excluding carboxylic acids is 1. The molecule has 0 spiro atoms. The Morgan fingerprint density at radius 1 is 1.10 bits per heavy atom. The Bertz CT molecular complexity index is 865. The minimum atomic E-state index is -0.000182. The van der Waals surface area contributed by atoms with Crippen LogP contribution in [0.3, 0.4) is 0 Å². The maximum absolute atomic E-state index is 12.1. The van der Waals surface area contributed by atoms with Gasteiger partial charge in [0.2, 0.25) is 0 Å². The van der Waals surface area contributed by atoms with E-state index in [1.807, 2.05) is 56.3 Å². The number of nitrogens with one attached hydrogen (secondary N) is 2.